The van der Waals surface area contributed by atoms with Crippen LogP contribution < -0.4 is 22.8 Å². The molecule has 0 atom stereocenters. The molecule has 0 aliphatic heterocycles. The number of aromatic nitrogens is 1. The van der Waals surface area contributed by atoms with Crippen LogP contribution in [0.15, 0.2) is 49.6 Å². The molecule has 0 radical (unpaired) electrons. The second-order valence-corrected chi connectivity index (χ2v) is 7.23. The second kappa shape index (κ2) is 11.1. The van der Waals surface area contributed by atoms with Crippen molar-refractivity contribution in [3.8, 4) is 0 Å². The van der Waals surface area contributed by atoms with Crippen LogP contribution in [0.25, 0.3) is 0 Å². The minimum absolute atomic E-state index is 0. The summed E-state index contributed by atoms with van der Waals surface area (Å²) < 4.78 is 0.769. The Morgan fingerprint density at radius 1 is 1.30 bits per heavy atom. The molecule has 1 aromatic heterocycles. The number of thiol groups is 1. The zero-order valence-electron chi connectivity index (χ0n) is 14.8. The van der Waals surface area contributed by atoms with Crippen molar-refractivity contribution in [3.05, 3.63) is 50.9 Å². The quantitative estimate of drug-likeness (QED) is 0.267. The predicted molar refractivity (Wildman–Crippen MR) is 117 cm³/mol. The molecule has 27 heavy (non-hydrogen) atoms. The highest BCUT2D eigenvalue weighted by Crippen LogP contribution is 2.29. The monoisotopic (exact) mass is 459 g/mol. The van der Waals surface area contributed by atoms with Crippen molar-refractivity contribution in [1.82, 2.24) is 11.1 Å². The fourth-order valence-electron chi connectivity index (χ4n) is 2.92. The molecular formula is C17H26BrN5O3S. The number of rotatable bonds is 4. The number of halogens is 1. The molecule has 11 N–H and O–H groups in total. The lowest BCUT2D eigenvalue weighted by Crippen LogP contribution is -2.28. The van der Waals surface area contributed by atoms with Crippen LogP contribution in [0, 0.1) is 0 Å². The van der Waals surface area contributed by atoms with Gasteiger partial charge in [-0.25, -0.2) is 4.99 Å². The molecule has 0 amide bonds. The Labute approximate surface area is 171 Å². The smallest absolute Gasteiger partial charge is 0.261 e. The molecule has 8 nitrogen and oxygen atoms in total. The van der Waals surface area contributed by atoms with Gasteiger partial charge in [0, 0.05) is 17.1 Å². The van der Waals surface area contributed by atoms with Crippen molar-refractivity contribution in [2.45, 2.75) is 36.6 Å². The third kappa shape index (κ3) is 6.08. The van der Waals surface area contributed by atoms with Gasteiger partial charge in [0.15, 0.2) is 0 Å². The summed E-state index contributed by atoms with van der Waals surface area (Å²) in [6, 6.07) is 7.68. The first-order chi connectivity index (χ1) is 11.5. The average molecular weight is 460 g/mol. The number of nitrogens with zero attached hydrogens (tertiary/aromatic N) is 1. The van der Waals surface area contributed by atoms with Crippen LogP contribution in [0.5, 0.6) is 0 Å². The number of benzene rings is 1. The third-order valence-corrected chi connectivity index (χ3v) is 4.99. The van der Waals surface area contributed by atoms with E-state index in [1.54, 1.807) is 12.3 Å². The Morgan fingerprint density at radius 2 is 1.96 bits per heavy atom. The van der Waals surface area contributed by atoms with E-state index in [4.69, 9.17) is 5.73 Å². The topological polar surface area (TPSA) is 181 Å². The van der Waals surface area contributed by atoms with E-state index < -0.39 is 0 Å². The molecule has 1 aromatic carbocycles. The van der Waals surface area contributed by atoms with Crippen molar-refractivity contribution in [2.24, 2.45) is 10.7 Å². The molecular weight excluding hydrogens is 434 g/mol. The summed E-state index contributed by atoms with van der Waals surface area (Å²) in [6.07, 6.45) is 6.22. The first kappa shape index (κ1) is 25.1. The number of aromatic amines is 1. The lowest BCUT2D eigenvalue weighted by atomic mass is 10.1. The van der Waals surface area contributed by atoms with Crippen molar-refractivity contribution in [3.63, 3.8) is 0 Å². The van der Waals surface area contributed by atoms with Crippen molar-refractivity contribution >= 4 is 45.8 Å². The minimum Gasteiger partial charge on any atom is -0.412 e. The summed E-state index contributed by atoms with van der Waals surface area (Å²) in [5.41, 5.74) is 7.63. The van der Waals surface area contributed by atoms with E-state index in [2.05, 4.69) is 43.9 Å². The van der Waals surface area contributed by atoms with Gasteiger partial charge in [0.05, 0.1) is 15.8 Å². The molecule has 2 aromatic rings. The maximum atomic E-state index is 12.4. The van der Waals surface area contributed by atoms with Crippen molar-refractivity contribution in [2.75, 3.05) is 5.32 Å². The molecule has 3 rings (SSSR count). The molecule has 150 valence electrons. The predicted octanol–water partition coefficient (Wildman–Crippen LogP) is 2.33. The first-order valence-electron chi connectivity index (χ1n) is 7.86. The summed E-state index contributed by atoms with van der Waals surface area (Å²) >= 11 is 7.80. The zero-order chi connectivity index (χ0) is 17.1. The highest BCUT2D eigenvalue weighted by molar-refractivity contribution is 9.10. The first-order valence-corrected chi connectivity index (χ1v) is 9.10. The molecule has 10 heteroatoms. The lowest BCUT2D eigenvalue weighted by molar-refractivity contribution is 0.754. The number of pyridine rings is 1. The summed E-state index contributed by atoms with van der Waals surface area (Å²) in [7, 11) is 0. The third-order valence-electron chi connectivity index (χ3n) is 4.08. The number of amidine groups is 1. The molecule has 1 saturated carbocycles. The van der Waals surface area contributed by atoms with E-state index in [1.165, 1.54) is 12.8 Å². The Morgan fingerprint density at radius 3 is 2.59 bits per heavy atom. The van der Waals surface area contributed by atoms with Crippen LogP contribution in [0.4, 0.5) is 11.4 Å². The lowest BCUT2D eigenvalue weighted by Gasteiger charge is -2.17. The van der Waals surface area contributed by atoms with Gasteiger partial charge in [0.2, 0.25) is 0 Å². The largest absolute Gasteiger partial charge is 0.412 e. The summed E-state index contributed by atoms with van der Waals surface area (Å²) in [5.74, 6) is 0.178. The molecule has 1 fully saturated rings. The van der Waals surface area contributed by atoms with E-state index >= 15 is 0 Å². The van der Waals surface area contributed by atoms with Crippen molar-refractivity contribution < 1.29 is 11.0 Å². The molecule has 0 unspecified atom stereocenters. The fraction of sp³-hybridized carbons (Fsp3) is 0.294. The van der Waals surface area contributed by atoms with Gasteiger partial charge < -0.3 is 33.1 Å². The van der Waals surface area contributed by atoms with Crippen LogP contribution in [0.1, 0.15) is 31.2 Å². The van der Waals surface area contributed by atoms with Crippen LogP contribution in [-0.4, -0.2) is 27.8 Å². The standard InChI is InChI=1S/C17H19BrN4OS.H3N.2H2O/c18-13-9-20-17(23)14(15(13)21-10-4-1-2-5-10)16(19)22-11-6-3-7-12(24)8-11;;;/h3,6-10,24H,1-2,4-5H2,(H2,19,22)(H2,20,21,23);1H3;2*1H2. The number of H-pyrrole nitrogens is 1. The molecule has 1 aliphatic rings. The van der Waals surface area contributed by atoms with E-state index in [9.17, 15) is 4.79 Å². The summed E-state index contributed by atoms with van der Waals surface area (Å²) in [5, 5.41) is 3.45. The Bertz CT molecular complexity index is 838. The van der Waals surface area contributed by atoms with E-state index in [1.807, 2.05) is 18.2 Å². The summed E-state index contributed by atoms with van der Waals surface area (Å²) in [4.78, 5) is 20.2. The van der Waals surface area contributed by atoms with Gasteiger partial charge in [-0.3, -0.25) is 4.79 Å². The average Bonchev–Trinajstić information content (AvgIpc) is 3.04. The zero-order valence-corrected chi connectivity index (χ0v) is 17.2. The maximum Gasteiger partial charge on any atom is 0.261 e. The highest BCUT2D eigenvalue weighted by atomic mass is 79.9. The highest BCUT2D eigenvalue weighted by Gasteiger charge is 2.21. The number of aliphatic imine (C=N–C) groups is 1. The van der Waals surface area contributed by atoms with Crippen molar-refractivity contribution in [1.29, 1.82) is 0 Å². The number of nitrogens with one attached hydrogen (secondary N) is 2. The fourth-order valence-corrected chi connectivity index (χ4v) is 3.57. The normalized spacial score (nSPS) is 13.9. The number of anilines is 1. The molecule has 1 heterocycles. The number of hydrogen-bond acceptors (Lipinski definition) is 5. The number of nitrogens with two attached hydrogens (primary N) is 1. The van der Waals surface area contributed by atoms with E-state index in [0.717, 1.165) is 22.2 Å². The van der Waals surface area contributed by atoms with Gasteiger partial charge in [-0.15, -0.1) is 12.6 Å². The Kier molecular flexibility index (Phi) is 10.3. The van der Waals surface area contributed by atoms with Gasteiger partial charge in [0.25, 0.3) is 5.56 Å². The van der Waals surface area contributed by atoms with Crippen LogP contribution in [-0.2, 0) is 0 Å². The molecule has 0 bridgehead atoms. The van der Waals surface area contributed by atoms with Gasteiger partial charge in [-0.05, 0) is 47.0 Å². The SMILES string of the molecule is N.NC(=Nc1cccc(S)c1)c1c(NC2CCCC2)c(Br)c[nH]c1=O.O.O. The molecule has 0 saturated heterocycles. The van der Waals surface area contributed by atoms with Crippen LogP contribution >= 0.6 is 28.6 Å². The summed E-state index contributed by atoms with van der Waals surface area (Å²) in [6.45, 7) is 0. The minimum atomic E-state index is -0.262. The van der Waals surface area contributed by atoms with Gasteiger partial charge >= 0.3 is 0 Å². The van der Waals surface area contributed by atoms with Crippen LogP contribution in [0.3, 0.4) is 0 Å². The van der Waals surface area contributed by atoms with E-state index in [0.29, 0.717) is 23.0 Å². The molecule has 1 aliphatic carbocycles. The van der Waals surface area contributed by atoms with Gasteiger partial charge in [0.1, 0.15) is 11.4 Å². The second-order valence-electron chi connectivity index (χ2n) is 5.86. The van der Waals surface area contributed by atoms with Crippen LogP contribution in [0.2, 0.25) is 0 Å². The van der Waals surface area contributed by atoms with Gasteiger partial charge in [-0.2, -0.15) is 0 Å². The Balaban J connectivity index is 0.00000225. The maximum absolute atomic E-state index is 12.4. The van der Waals surface area contributed by atoms with E-state index in [-0.39, 0.29) is 28.5 Å². The van der Waals surface area contributed by atoms with Gasteiger partial charge in [-0.1, -0.05) is 18.9 Å². The Hall–Kier alpha value is -1.85. The number of hydrogen-bond donors (Lipinski definition) is 5. The molecule has 0 spiro atoms.